The molecule has 0 saturated heterocycles. The molecular weight excluding hydrogens is 156 g/mol. The van der Waals surface area contributed by atoms with E-state index in [9.17, 15) is 0 Å². The Labute approximate surface area is 76.2 Å². The van der Waals surface area contributed by atoms with Crippen LogP contribution in [0.3, 0.4) is 0 Å². The van der Waals surface area contributed by atoms with Crippen LogP contribution >= 0.6 is 12.6 Å². The fourth-order valence-electron chi connectivity index (χ4n) is 1.22. The highest BCUT2D eigenvalue weighted by atomic mass is 32.1. The third-order valence-corrected chi connectivity index (χ3v) is 2.71. The molecule has 0 aliphatic heterocycles. The number of hydrogen-bond donors (Lipinski definition) is 1. The highest BCUT2D eigenvalue weighted by Gasteiger charge is 2.26. The lowest BCUT2D eigenvalue weighted by molar-refractivity contribution is -0.921. The summed E-state index contributed by atoms with van der Waals surface area (Å²) in [6.45, 7) is 3.35. The van der Waals surface area contributed by atoms with Crippen molar-refractivity contribution in [1.82, 2.24) is 4.90 Å². The van der Waals surface area contributed by atoms with E-state index in [4.69, 9.17) is 0 Å². The van der Waals surface area contributed by atoms with Crippen molar-refractivity contribution >= 4 is 12.6 Å². The van der Waals surface area contributed by atoms with Crippen molar-refractivity contribution in [3.63, 3.8) is 0 Å². The summed E-state index contributed by atoms with van der Waals surface area (Å²) in [7, 11) is 8.69. The minimum atomic E-state index is 0.517. The van der Waals surface area contributed by atoms with Crippen LogP contribution in [0.15, 0.2) is 0 Å². The molecule has 0 aromatic carbocycles. The molecule has 11 heavy (non-hydrogen) atoms. The Morgan fingerprint density at radius 2 is 1.82 bits per heavy atom. The summed E-state index contributed by atoms with van der Waals surface area (Å²) in [5.41, 5.74) is 0. The highest BCUT2D eigenvalue weighted by molar-refractivity contribution is 7.80. The molecule has 3 heteroatoms. The molecule has 1 unspecified atom stereocenters. The quantitative estimate of drug-likeness (QED) is 0.379. The maximum absolute atomic E-state index is 4.35. The average molecular weight is 177 g/mol. The van der Waals surface area contributed by atoms with Crippen molar-refractivity contribution in [2.24, 2.45) is 0 Å². The number of rotatable bonds is 4. The zero-order valence-corrected chi connectivity index (χ0v) is 9.23. The van der Waals surface area contributed by atoms with Crippen molar-refractivity contribution < 1.29 is 4.48 Å². The molecule has 2 nitrogen and oxygen atoms in total. The normalized spacial score (nSPS) is 15.5. The molecule has 0 N–H and O–H groups in total. The number of thiol groups is 1. The van der Waals surface area contributed by atoms with Gasteiger partial charge in [-0.25, -0.2) is 0 Å². The van der Waals surface area contributed by atoms with Crippen molar-refractivity contribution in [2.75, 3.05) is 40.5 Å². The molecular formula is C8H21N2S+. The summed E-state index contributed by atoms with van der Waals surface area (Å²) in [4.78, 5) is 2.23. The van der Waals surface area contributed by atoms with Crippen LogP contribution in [0.25, 0.3) is 0 Å². The third-order valence-electron chi connectivity index (χ3n) is 2.38. The molecule has 0 heterocycles. The summed E-state index contributed by atoms with van der Waals surface area (Å²) in [6, 6.07) is 0. The van der Waals surface area contributed by atoms with Crippen molar-refractivity contribution in [3.05, 3.63) is 0 Å². The Balaban J connectivity index is 4.23. The summed E-state index contributed by atoms with van der Waals surface area (Å²) in [6.07, 6.45) is 0.517. The van der Waals surface area contributed by atoms with E-state index in [2.05, 4.69) is 52.6 Å². The van der Waals surface area contributed by atoms with Crippen LogP contribution in [0.2, 0.25) is 0 Å². The Hall–Kier alpha value is 0.270. The second kappa shape index (κ2) is 4.33. The lowest BCUT2D eigenvalue weighted by atomic mass is 10.3. The van der Waals surface area contributed by atoms with E-state index in [-0.39, 0.29) is 0 Å². The van der Waals surface area contributed by atoms with Crippen LogP contribution < -0.4 is 0 Å². The lowest BCUT2D eigenvalue weighted by Crippen LogP contribution is -2.56. The maximum Gasteiger partial charge on any atom is 0.153 e. The van der Waals surface area contributed by atoms with Gasteiger partial charge in [-0.05, 0) is 21.0 Å². The highest BCUT2D eigenvalue weighted by Crippen LogP contribution is 2.09. The van der Waals surface area contributed by atoms with E-state index in [1.165, 1.54) is 0 Å². The van der Waals surface area contributed by atoms with Gasteiger partial charge < -0.3 is 4.48 Å². The standard InChI is InChI=1S/C8H20N2S/c1-6-10(4,5)8(7-11)9(2)3/h8H,6-7H2,1-5H3/p+1. The zero-order chi connectivity index (χ0) is 9.07. The predicted octanol–water partition coefficient (Wildman–Crippen LogP) is 0.900. The first-order valence-corrected chi connectivity index (χ1v) is 4.69. The van der Waals surface area contributed by atoms with E-state index < -0.39 is 0 Å². The van der Waals surface area contributed by atoms with E-state index in [0.717, 1.165) is 16.8 Å². The average Bonchev–Trinajstić information content (AvgIpc) is 1.88. The van der Waals surface area contributed by atoms with E-state index in [1.807, 2.05) is 0 Å². The molecule has 0 aromatic heterocycles. The second-order valence-corrected chi connectivity index (χ2v) is 4.09. The van der Waals surface area contributed by atoms with Gasteiger partial charge in [0, 0.05) is 0 Å². The minimum Gasteiger partial charge on any atom is -0.313 e. The van der Waals surface area contributed by atoms with E-state index in [1.54, 1.807) is 0 Å². The van der Waals surface area contributed by atoms with Crippen molar-refractivity contribution in [2.45, 2.75) is 13.1 Å². The molecule has 0 aliphatic rings. The molecule has 0 radical (unpaired) electrons. The molecule has 0 spiro atoms. The van der Waals surface area contributed by atoms with Crippen LogP contribution in [0.5, 0.6) is 0 Å². The molecule has 0 rings (SSSR count). The van der Waals surface area contributed by atoms with Crippen LogP contribution in [0, 0.1) is 0 Å². The van der Waals surface area contributed by atoms with Crippen molar-refractivity contribution in [1.29, 1.82) is 0 Å². The number of quaternary nitrogens is 1. The summed E-state index contributed by atoms with van der Waals surface area (Å²) < 4.78 is 1.01. The SMILES string of the molecule is CC[N+](C)(C)C(CS)N(C)C. The van der Waals surface area contributed by atoms with E-state index >= 15 is 0 Å². The monoisotopic (exact) mass is 177 g/mol. The molecule has 0 aromatic rings. The van der Waals surface area contributed by atoms with Crippen molar-refractivity contribution in [3.8, 4) is 0 Å². The third kappa shape index (κ3) is 3.01. The van der Waals surface area contributed by atoms with Gasteiger partial charge in [-0.2, -0.15) is 12.6 Å². The van der Waals surface area contributed by atoms with Gasteiger partial charge in [-0.15, -0.1) is 0 Å². The predicted molar refractivity (Wildman–Crippen MR) is 54.0 cm³/mol. The Bertz CT molecular complexity index is 113. The molecule has 0 amide bonds. The topological polar surface area (TPSA) is 3.24 Å². The summed E-state index contributed by atoms with van der Waals surface area (Å²) in [5, 5.41) is 0. The van der Waals surface area contributed by atoms with Gasteiger partial charge >= 0.3 is 0 Å². The Kier molecular flexibility index (Phi) is 4.44. The number of nitrogens with zero attached hydrogens (tertiary/aromatic N) is 2. The van der Waals surface area contributed by atoms with Gasteiger partial charge in [-0.1, -0.05) is 0 Å². The van der Waals surface area contributed by atoms with Crippen LogP contribution in [0.4, 0.5) is 0 Å². The first kappa shape index (κ1) is 11.3. The molecule has 0 bridgehead atoms. The Morgan fingerprint density at radius 1 is 1.36 bits per heavy atom. The van der Waals surface area contributed by atoms with Crippen LogP contribution in [-0.4, -0.2) is 56.0 Å². The fraction of sp³-hybridized carbons (Fsp3) is 1.00. The fourth-order valence-corrected chi connectivity index (χ4v) is 1.99. The smallest absolute Gasteiger partial charge is 0.153 e. The Morgan fingerprint density at radius 3 is 1.91 bits per heavy atom. The first-order chi connectivity index (χ1) is 4.95. The van der Waals surface area contributed by atoms with Gasteiger partial charge in [0.25, 0.3) is 0 Å². The minimum absolute atomic E-state index is 0.517. The summed E-state index contributed by atoms with van der Waals surface area (Å²) >= 11 is 4.35. The van der Waals surface area contributed by atoms with Gasteiger partial charge in [-0.3, -0.25) is 4.90 Å². The lowest BCUT2D eigenvalue weighted by Gasteiger charge is -2.39. The molecule has 0 saturated carbocycles. The number of hydrogen-bond acceptors (Lipinski definition) is 2. The zero-order valence-electron chi connectivity index (χ0n) is 8.33. The molecule has 68 valence electrons. The largest absolute Gasteiger partial charge is 0.313 e. The molecule has 0 fully saturated rings. The maximum atomic E-state index is 4.35. The molecule has 0 aliphatic carbocycles. The van der Waals surface area contributed by atoms with Gasteiger partial charge in [0.05, 0.1) is 26.4 Å². The van der Waals surface area contributed by atoms with Gasteiger partial charge in [0.1, 0.15) is 0 Å². The van der Waals surface area contributed by atoms with Crippen LogP contribution in [0.1, 0.15) is 6.92 Å². The van der Waals surface area contributed by atoms with Gasteiger partial charge in [0.15, 0.2) is 6.17 Å². The summed E-state index contributed by atoms with van der Waals surface area (Å²) in [5.74, 6) is 0.911. The van der Waals surface area contributed by atoms with Crippen LogP contribution in [-0.2, 0) is 0 Å². The second-order valence-electron chi connectivity index (χ2n) is 3.72. The van der Waals surface area contributed by atoms with E-state index in [0.29, 0.717) is 6.17 Å². The first-order valence-electron chi connectivity index (χ1n) is 4.05. The molecule has 1 atom stereocenters. The van der Waals surface area contributed by atoms with Gasteiger partial charge in [0.2, 0.25) is 0 Å².